The van der Waals surface area contributed by atoms with Gasteiger partial charge >= 0.3 is 0 Å². The van der Waals surface area contributed by atoms with Gasteiger partial charge in [0, 0.05) is 64.3 Å². The molecule has 0 bridgehead atoms. The first-order valence-electron chi connectivity index (χ1n) is 11.4. The summed E-state index contributed by atoms with van der Waals surface area (Å²) < 4.78 is 10.5. The molecule has 1 aliphatic carbocycles. The highest BCUT2D eigenvalue weighted by molar-refractivity contribution is 7.09. The smallest absolute Gasteiger partial charge is 0.205 e. The van der Waals surface area contributed by atoms with Crippen LogP contribution >= 0.6 is 11.5 Å². The van der Waals surface area contributed by atoms with Crippen LogP contribution in [0.4, 0.5) is 5.13 Å². The molecule has 1 aromatic rings. The Balaban J connectivity index is 1.29. The van der Waals surface area contributed by atoms with Crippen LogP contribution in [0.5, 0.6) is 0 Å². The van der Waals surface area contributed by atoms with E-state index in [1.54, 1.807) is 0 Å². The van der Waals surface area contributed by atoms with Crippen LogP contribution in [-0.4, -0.2) is 72.7 Å². The number of guanidine groups is 1. The van der Waals surface area contributed by atoms with Crippen LogP contribution in [0, 0.1) is 0 Å². The van der Waals surface area contributed by atoms with Gasteiger partial charge in [-0.25, -0.2) is 4.98 Å². The molecule has 1 saturated carbocycles. The molecule has 164 valence electrons. The van der Waals surface area contributed by atoms with Gasteiger partial charge in [0.15, 0.2) is 5.96 Å². The number of aromatic nitrogens is 2. The fraction of sp³-hybridized carbons (Fsp3) is 0.857. The number of hydrogen-bond acceptors (Lipinski definition) is 6. The lowest BCUT2D eigenvalue weighted by Crippen LogP contribution is -2.52. The molecular weight excluding hydrogens is 384 g/mol. The van der Waals surface area contributed by atoms with E-state index in [1.807, 2.05) is 7.05 Å². The number of hydrogen-bond donors (Lipinski definition) is 1. The van der Waals surface area contributed by atoms with Gasteiger partial charge in [-0.05, 0) is 25.7 Å². The molecule has 1 N–H and O–H groups in total. The number of anilines is 1. The largest absolute Gasteiger partial charge is 0.378 e. The molecule has 0 aromatic carbocycles. The third-order valence-corrected chi connectivity index (χ3v) is 6.66. The molecule has 8 heteroatoms. The van der Waals surface area contributed by atoms with E-state index in [2.05, 4.69) is 36.4 Å². The van der Waals surface area contributed by atoms with Crippen molar-refractivity contribution in [2.45, 2.75) is 70.8 Å². The molecule has 7 nitrogen and oxygen atoms in total. The van der Waals surface area contributed by atoms with Crippen molar-refractivity contribution in [1.29, 1.82) is 0 Å². The fourth-order valence-electron chi connectivity index (χ4n) is 4.04. The van der Waals surface area contributed by atoms with Crippen LogP contribution in [0.2, 0.25) is 0 Å². The van der Waals surface area contributed by atoms with Crippen molar-refractivity contribution in [2.75, 3.05) is 51.3 Å². The van der Waals surface area contributed by atoms with Gasteiger partial charge in [0.25, 0.3) is 0 Å². The Morgan fingerprint density at radius 3 is 2.55 bits per heavy atom. The molecular formula is C21H38N6OS. The molecule has 1 saturated heterocycles. The summed E-state index contributed by atoms with van der Waals surface area (Å²) in [4.78, 5) is 13.8. The molecule has 1 aromatic heterocycles. The lowest BCUT2D eigenvalue weighted by molar-refractivity contribution is 0.0411. The Hall–Kier alpha value is -1.41. The first-order chi connectivity index (χ1) is 14.3. The highest BCUT2D eigenvalue weighted by atomic mass is 32.1. The lowest BCUT2D eigenvalue weighted by atomic mass is 10.1. The third kappa shape index (κ3) is 7.10. The van der Waals surface area contributed by atoms with Crippen molar-refractivity contribution in [3.05, 3.63) is 5.82 Å². The average Bonchev–Trinajstić information content (AvgIpc) is 3.10. The molecule has 0 radical (unpaired) electrons. The summed E-state index contributed by atoms with van der Waals surface area (Å²) in [5.74, 6) is 1.97. The first-order valence-corrected chi connectivity index (χ1v) is 12.2. The summed E-state index contributed by atoms with van der Waals surface area (Å²) in [6.07, 6.45) is 11.6. The van der Waals surface area contributed by atoms with Gasteiger partial charge in [0.1, 0.15) is 5.82 Å². The number of unbranched alkanes of at least 4 members (excludes halogenated alkanes) is 1. The van der Waals surface area contributed by atoms with E-state index in [4.69, 9.17) is 4.74 Å². The van der Waals surface area contributed by atoms with Gasteiger partial charge < -0.3 is 19.9 Å². The molecule has 1 aliphatic heterocycles. The summed E-state index contributed by atoms with van der Waals surface area (Å²) in [7, 11) is 1.88. The van der Waals surface area contributed by atoms with Crippen LogP contribution in [-0.2, 0) is 11.2 Å². The molecule has 2 heterocycles. The molecule has 2 fully saturated rings. The zero-order valence-corrected chi connectivity index (χ0v) is 19.1. The normalized spacial score (nSPS) is 19.4. The number of aliphatic imine (C=N–C) groups is 1. The van der Waals surface area contributed by atoms with Crippen molar-refractivity contribution >= 4 is 22.6 Å². The quantitative estimate of drug-likeness (QED) is 0.300. The van der Waals surface area contributed by atoms with Crippen molar-refractivity contribution in [3.63, 3.8) is 0 Å². The SMILES string of the molecule is CCc1nsc(N2CCN(C(=NC)NCCCCOC3CCCCCC3)CC2)n1. The van der Waals surface area contributed by atoms with Gasteiger partial charge in [-0.1, -0.05) is 32.6 Å². The van der Waals surface area contributed by atoms with E-state index in [1.165, 1.54) is 50.1 Å². The van der Waals surface area contributed by atoms with Crippen LogP contribution in [0.25, 0.3) is 0 Å². The fourth-order valence-corrected chi connectivity index (χ4v) is 4.85. The van der Waals surface area contributed by atoms with Crippen LogP contribution in [0.15, 0.2) is 4.99 Å². The zero-order chi connectivity index (χ0) is 20.3. The highest BCUT2D eigenvalue weighted by Crippen LogP contribution is 2.20. The van der Waals surface area contributed by atoms with Crippen molar-refractivity contribution < 1.29 is 4.74 Å². The van der Waals surface area contributed by atoms with Gasteiger partial charge in [0.05, 0.1) is 6.10 Å². The predicted molar refractivity (Wildman–Crippen MR) is 121 cm³/mol. The lowest BCUT2D eigenvalue weighted by Gasteiger charge is -2.36. The number of piperazine rings is 1. The van der Waals surface area contributed by atoms with Crippen molar-refractivity contribution in [2.24, 2.45) is 4.99 Å². The highest BCUT2D eigenvalue weighted by Gasteiger charge is 2.21. The molecule has 0 atom stereocenters. The maximum Gasteiger partial charge on any atom is 0.205 e. The second kappa shape index (κ2) is 12.3. The van der Waals surface area contributed by atoms with E-state index < -0.39 is 0 Å². The van der Waals surface area contributed by atoms with E-state index in [9.17, 15) is 0 Å². The van der Waals surface area contributed by atoms with E-state index >= 15 is 0 Å². The molecule has 2 aliphatic rings. The van der Waals surface area contributed by atoms with Gasteiger partial charge in [-0.2, -0.15) is 4.37 Å². The number of rotatable bonds is 8. The van der Waals surface area contributed by atoms with Crippen LogP contribution in [0.3, 0.4) is 0 Å². The summed E-state index contributed by atoms with van der Waals surface area (Å²) in [5, 5.41) is 4.59. The number of nitrogens with zero attached hydrogens (tertiary/aromatic N) is 5. The average molecular weight is 423 g/mol. The van der Waals surface area contributed by atoms with Gasteiger partial charge in [-0.15, -0.1) is 0 Å². The number of ether oxygens (including phenoxy) is 1. The maximum absolute atomic E-state index is 6.09. The summed E-state index contributed by atoms with van der Waals surface area (Å²) in [6.45, 7) is 7.81. The van der Waals surface area contributed by atoms with E-state index in [0.717, 1.165) is 75.5 Å². The Bertz CT molecular complexity index is 606. The topological polar surface area (TPSA) is 65.9 Å². The Labute approximate surface area is 180 Å². The van der Waals surface area contributed by atoms with E-state index in [-0.39, 0.29) is 0 Å². The van der Waals surface area contributed by atoms with Crippen molar-refractivity contribution in [1.82, 2.24) is 19.6 Å². The second-order valence-corrected chi connectivity index (χ2v) is 8.72. The summed E-state index contributed by atoms with van der Waals surface area (Å²) in [6, 6.07) is 0. The zero-order valence-electron chi connectivity index (χ0n) is 18.2. The minimum Gasteiger partial charge on any atom is -0.378 e. The minimum absolute atomic E-state index is 0.510. The standard InChI is InChI=1S/C21H38N6OS/c1-3-19-24-21(29-25-19)27-15-13-26(14-16-27)20(22-2)23-12-8-9-17-28-18-10-6-4-5-7-11-18/h18H,3-17H2,1-2H3,(H,22,23). The Morgan fingerprint density at radius 1 is 1.14 bits per heavy atom. The molecule has 0 spiro atoms. The van der Waals surface area contributed by atoms with Gasteiger partial charge in [0.2, 0.25) is 5.13 Å². The number of aryl methyl sites for hydroxylation is 1. The third-order valence-electron chi connectivity index (χ3n) is 5.85. The second-order valence-electron chi connectivity index (χ2n) is 7.99. The van der Waals surface area contributed by atoms with Crippen molar-refractivity contribution in [3.8, 4) is 0 Å². The first kappa shape index (κ1) is 22.3. The van der Waals surface area contributed by atoms with Crippen LogP contribution < -0.4 is 10.2 Å². The molecule has 29 heavy (non-hydrogen) atoms. The predicted octanol–water partition coefficient (Wildman–Crippen LogP) is 3.32. The summed E-state index contributed by atoms with van der Waals surface area (Å²) >= 11 is 1.52. The molecule has 0 unspecified atom stereocenters. The summed E-state index contributed by atoms with van der Waals surface area (Å²) in [5.41, 5.74) is 0. The molecule has 3 rings (SSSR count). The molecule has 0 amide bonds. The van der Waals surface area contributed by atoms with E-state index in [0.29, 0.717) is 6.10 Å². The monoisotopic (exact) mass is 422 g/mol. The van der Waals surface area contributed by atoms with Crippen LogP contribution in [0.1, 0.15) is 64.1 Å². The van der Waals surface area contributed by atoms with Gasteiger partial charge in [-0.3, -0.25) is 4.99 Å². The number of nitrogens with one attached hydrogen (secondary N) is 1. The maximum atomic E-state index is 6.09. The minimum atomic E-state index is 0.510. The Kier molecular flexibility index (Phi) is 9.47. The Morgan fingerprint density at radius 2 is 1.90 bits per heavy atom.